The van der Waals surface area contributed by atoms with Crippen molar-refractivity contribution in [3.05, 3.63) is 32.6 Å². The predicted octanol–water partition coefficient (Wildman–Crippen LogP) is 0.233. The summed E-state index contributed by atoms with van der Waals surface area (Å²) in [6.45, 7) is 5.23. The number of rotatable bonds is 5. The first-order valence-electron chi connectivity index (χ1n) is 6.11. The van der Waals surface area contributed by atoms with Gasteiger partial charge in [-0.05, 0) is 32.6 Å². The summed E-state index contributed by atoms with van der Waals surface area (Å²) in [6.07, 6.45) is 4.24. The first-order chi connectivity index (χ1) is 8.08. The Hall–Kier alpha value is -1.36. The number of aromatic amines is 1. The van der Waals surface area contributed by atoms with Crippen LogP contribution in [0.5, 0.6) is 0 Å². The molecule has 0 saturated heterocycles. The van der Waals surface area contributed by atoms with Crippen molar-refractivity contribution in [3.8, 4) is 0 Å². The minimum Gasteiger partial charge on any atom is -0.312 e. The molecule has 17 heavy (non-hydrogen) atoms. The molecule has 2 N–H and O–H groups in total. The van der Waals surface area contributed by atoms with E-state index in [4.69, 9.17) is 0 Å². The number of aromatic nitrogens is 2. The first-order valence-corrected chi connectivity index (χ1v) is 6.11. The molecule has 94 valence electrons. The van der Waals surface area contributed by atoms with Gasteiger partial charge in [-0.3, -0.25) is 14.3 Å². The molecule has 1 aromatic heterocycles. The van der Waals surface area contributed by atoms with Gasteiger partial charge in [0.2, 0.25) is 0 Å². The number of hydrogen-bond acceptors (Lipinski definition) is 3. The third kappa shape index (κ3) is 3.06. The molecule has 5 heteroatoms. The van der Waals surface area contributed by atoms with E-state index >= 15 is 0 Å². The molecule has 0 amide bonds. The third-order valence-electron chi connectivity index (χ3n) is 3.34. The van der Waals surface area contributed by atoms with Crippen LogP contribution in [0.3, 0.4) is 0 Å². The highest BCUT2D eigenvalue weighted by molar-refractivity contribution is 5.00. The molecule has 1 aliphatic rings. The van der Waals surface area contributed by atoms with Gasteiger partial charge < -0.3 is 5.32 Å². The smallest absolute Gasteiger partial charge is 0.312 e. The van der Waals surface area contributed by atoms with Crippen LogP contribution in [0.25, 0.3) is 0 Å². The second kappa shape index (κ2) is 4.87. The monoisotopic (exact) mass is 237 g/mol. The molecule has 1 heterocycles. The van der Waals surface area contributed by atoms with Gasteiger partial charge in [0.15, 0.2) is 0 Å². The molecule has 0 spiro atoms. The fourth-order valence-corrected chi connectivity index (χ4v) is 1.96. The maximum Gasteiger partial charge on any atom is 0.328 e. The molecule has 0 radical (unpaired) electrons. The normalized spacial score (nSPS) is 17.1. The van der Waals surface area contributed by atoms with Crippen LogP contribution >= 0.6 is 0 Å². The summed E-state index contributed by atoms with van der Waals surface area (Å²) in [5, 5.41) is 3.40. The summed E-state index contributed by atoms with van der Waals surface area (Å²) in [6, 6.07) is 0.523. The number of nitrogens with one attached hydrogen (secondary N) is 2. The summed E-state index contributed by atoms with van der Waals surface area (Å²) in [5.74, 6) is 0.809. The van der Waals surface area contributed by atoms with Crippen molar-refractivity contribution in [1.82, 2.24) is 14.9 Å². The number of H-pyrrole nitrogens is 1. The van der Waals surface area contributed by atoms with Crippen LogP contribution in [0.4, 0.5) is 0 Å². The average Bonchev–Trinajstić information content (AvgIpc) is 3.09. The van der Waals surface area contributed by atoms with Crippen LogP contribution in [0, 0.1) is 12.8 Å². The molecule has 5 nitrogen and oxygen atoms in total. The molecule has 0 aromatic carbocycles. The van der Waals surface area contributed by atoms with Crippen LogP contribution in [0.2, 0.25) is 0 Å². The van der Waals surface area contributed by atoms with Gasteiger partial charge in [0, 0.05) is 30.9 Å². The van der Waals surface area contributed by atoms with Crippen molar-refractivity contribution in [2.75, 3.05) is 6.54 Å². The van der Waals surface area contributed by atoms with Crippen molar-refractivity contribution in [2.24, 2.45) is 5.92 Å². The van der Waals surface area contributed by atoms with E-state index in [-0.39, 0.29) is 11.2 Å². The summed E-state index contributed by atoms with van der Waals surface area (Å²) < 4.78 is 1.54. The first kappa shape index (κ1) is 12.1. The Labute approximate surface area is 99.9 Å². The number of nitrogens with zero attached hydrogens (tertiary/aromatic N) is 1. The predicted molar refractivity (Wildman–Crippen MR) is 66.2 cm³/mol. The fourth-order valence-electron chi connectivity index (χ4n) is 1.96. The Bertz CT molecular complexity index is 499. The van der Waals surface area contributed by atoms with Crippen LogP contribution in [-0.2, 0) is 6.54 Å². The highest BCUT2D eigenvalue weighted by atomic mass is 16.2. The molecular formula is C12H19N3O2. The quantitative estimate of drug-likeness (QED) is 0.770. The lowest BCUT2D eigenvalue weighted by atomic mass is 10.2. The van der Waals surface area contributed by atoms with Gasteiger partial charge in [-0.15, -0.1) is 0 Å². The fraction of sp³-hybridized carbons (Fsp3) is 0.667. The van der Waals surface area contributed by atoms with E-state index in [2.05, 4.69) is 17.2 Å². The second-order valence-corrected chi connectivity index (χ2v) is 4.85. The largest absolute Gasteiger partial charge is 0.328 e. The van der Waals surface area contributed by atoms with Gasteiger partial charge in [-0.25, -0.2) is 4.79 Å². The van der Waals surface area contributed by atoms with Crippen molar-refractivity contribution < 1.29 is 0 Å². The molecule has 1 atom stereocenters. The lowest BCUT2D eigenvalue weighted by molar-refractivity contribution is 0.469. The van der Waals surface area contributed by atoms with Gasteiger partial charge in [-0.1, -0.05) is 0 Å². The number of hydrogen-bond donors (Lipinski definition) is 2. The molecule has 1 aliphatic carbocycles. The van der Waals surface area contributed by atoms with E-state index in [1.54, 1.807) is 17.7 Å². The molecule has 0 aliphatic heterocycles. The van der Waals surface area contributed by atoms with Crippen molar-refractivity contribution in [2.45, 2.75) is 39.3 Å². The zero-order valence-corrected chi connectivity index (χ0v) is 10.3. The van der Waals surface area contributed by atoms with Gasteiger partial charge in [0.05, 0.1) is 0 Å². The van der Waals surface area contributed by atoms with Crippen LogP contribution in [0.1, 0.15) is 25.3 Å². The minimum absolute atomic E-state index is 0.300. The topological polar surface area (TPSA) is 66.9 Å². The Balaban J connectivity index is 1.92. The maximum atomic E-state index is 11.5. The Morgan fingerprint density at radius 1 is 1.53 bits per heavy atom. The molecule has 1 unspecified atom stereocenters. The maximum absolute atomic E-state index is 11.5. The van der Waals surface area contributed by atoms with Gasteiger partial charge in [-0.2, -0.15) is 0 Å². The van der Waals surface area contributed by atoms with E-state index in [9.17, 15) is 9.59 Å². The molecule has 2 rings (SSSR count). The standard InChI is InChI=1S/C12H19N3O2/c1-8-7-15(12(17)14-11(8)16)6-5-13-9(2)10-3-4-10/h7,9-10,13H,3-6H2,1-2H3,(H,14,16,17). The lowest BCUT2D eigenvalue weighted by Gasteiger charge is -2.13. The Morgan fingerprint density at radius 3 is 2.88 bits per heavy atom. The zero-order chi connectivity index (χ0) is 12.4. The van der Waals surface area contributed by atoms with Crippen LogP contribution < -0.4 is 16.6 Å². The average molecular weight is 237 g/mol. The zero-order valence-electron chi connectivity index (χ0n) is 10.3. The molecule has 0 bridgehead atoms. The lowest BCUT2D eigenvalue weighted by Crippen LogP contribution is -2.36. The van der Waals surface area contributed by atoms with E-state index in [1.807, 2.05) is 0 Å². The van der Waals surface area contributed by atoms with E-state index in [0.717, 1.165) is 12.5 Å². The van der Waals surface area contributed by atoms with E-state index in [1.165, 1.54) is 12.8 Å². The highest BCUT2D eigenvalue weighted by Crippen LogP contribution is 2.32. The van der Waals surface area contributed by atoms with Crippen molar-refractivity contribution in [1.29, 1.82) is 0 Å². The summed E-state index contributed by atoms with van der Waals surface area (Å²) in [5.41, 5.74) is -0.0631. The molecular weight excluding hydrogens is 218 g/mol. The van der Waals surface area contributed by atoms with Crippen molar-refractivity contribution >= 4 is 0 Å². The molecule has 1 saturated carbocycles. The van der Waals surface area contributed by atoms with E-state index in [0.29, 0.717) is 18.2 Å². The Kier molecular flexibility index (Phi) is 3.47. The van der Waals surface area contributed by atoms with Crippen LogP contribution in [-0.4, -0.2) is 22.1 Å². The highest BCUT2D eigenvalue weighted by Gasteiger charge is 2.27. The minimum atomic E-state index is -0.332. The van der Waals surface area contributed by atoms with E-state index < -0.39 is 0 Å². The van der Waals surface area contributed by atoms with Gasteiger partial charge in [0.25, 0.3) is 5.56 Å². The van der Waals surface area contributed by atoms with Gasteiger partial charge in [0.1, 0.15) is 0 Å². The van der Waals surface area contributed by atoms with Crippen molar-refractivity contribution in [3.63, 3.8) is 0 Å². The number of aryl methyl sites for hydroxylation is 1. The van der Waals surface area contributed by atoms with Gasteiger partial charge >= 0.3 is 5.69 Å². The molecule has 1 aromatic rings. The van der Waals surface area contributed by atoms with Crippen LogP contribution in [0.15, 0.2) is 15.8 Å². The second-order valence-electron chi connectivity index (χ2n) is 4.85. The SMILES string of the molecule is Cc1cn(CCNC(C)C2CC2)c(=O)[nH]c1=O. The summed E-state index contributed by atoms with van der Waals surface area (Å²) in [7, 11) is 0. The third-order valence-corrected chi connectivity index (χ3v) is 3.34. The summed E-state index contributed by atoms with van der Waals surface area (Å²) in [4.78, 5) is 25.0. The molecule has 1 fully saturated rings. The Morgan fingerprint density at radius 2 is 2.24 bits per heavy atom. The summed E-state index contributed by atoms with van der Waals surface area (Å²) >= 11 is 0.